The zero-order valence-electron chi connectivity index (χ0n) is 8.99. The smallest absolute Gasteiger partial charge is 0.243 e. The summed E-state index contributed by atoms with van der Waals surface area (Å²) < 4.78 is 0. The second-order valence-corrected chi connectivity index (χ2v) is 5.46. The summed E-state index contributed by atoms with van der Waals surface area (Å²) in [6.45, 7) is 0. The fourth-order valence-corrected chi connectivity index (χ4v) is 2.87. The van der Waals surface area contributed by atoms with Gasteiger partial charge in [-0.3, -0.25) is 9.78 Å². The number of thiazole rings is 1. The molecule has 1 heterocycles. The SMILES string of the molecule is O=C(NC1CCCCC1)C(Cl)c1cncs1. The lowest BCUT2D eigenvalue weighted by atomic mass is 9.95. The van der Waals surface area contributed by atoms with Crippen molar-refractivity contribution in [1.29, 1.82) is 0 Å². The minimum absolute atomic E-state index is 0.0854. The molecule has 0 aromatic carbocycles. The molecule has 0 saturated heterocycles. The summed E-state index contributed by atoms with van der Waals surface area (Å²) in [6.07, 6.45) is 7.52. The standard InChI is InChI=1S/C11H15ClN2OS/c12-10(9-6-13-7-16-9)11(15)14-8-4-2-1-3-5-8/h6-8,10H,1-5H2,(H,14,15). The van der Waals surface area contributed by atoms with E-state index in [1.165, 1.54) is 30.6 Å². The lowest BCUT2D eigenvalue weighted by Gasteiger charge is -2.23. The number of hydrogen-bond donors (Lipinski definition) is 1. The number of aromatic nitrogens is 1. The van der Waals surface area contributed by atoms with Gasteiger partial charge in [-0.05, 0) is 12.8 Å². The van der Waals surface area contributed by atoms with Crippen molar-refractivity contribution < 1.29 is 4.79 Å². The molecule has 1 fully saturated rings. The molecule has 1 amide bonds. The van der Waals surface area contributed by atoms with Crippen LogP contribution in [0.2, 0.25) is 0 Å². The highest BCUT2D eigenvalue weighted by molar-refractivity contribution is 7.10. The predicted octanol–water partition coefficient (Wildman–Crippen LogP) is 2.87. The Morgan fingerprint density at radius 1 is 1.50 bits per heavy atom. The minimum atomic E-state index is -0.588. The molecule has 2 rings (SSSR count). The van der Waals surface area contributed by atoms with Crippen LogP contribution < -0.4 is 5.32 Å². The van der Waals surface area contributed by atoms with Crippen LogP contribution >= 0.6 is 22.9 Å². The molecule has 0 radical (unpaired) electrons. The number of alkyl halides is 1. The van der Waals surface area contributed by atoms with Crippen LogP contribution in [0.4, 0.5) is 0 Å². The molecule has 1 aromatic rings. The first-order valence-corrected chi connectivity index (χ1v) is 6.92. The van der Waals surface area contributed by atoms with Gasteiger partial charge in [-0.1, -0.05) is 19.3 Å². The molecule has 1 N–H and O–H groups in total. The number of hydrogen-bond acceptors (Lipinski definition) is 3. The highest BCUT2D eigenvalue weighted by Gasteiger charge is 2.22. The van der Waals surface area contributed by atoms with Crippen LogP contribution in [-0.4, -0.2) is 16.9 Å². The van der Waals surface area contributed by atoms with Crippen molar-refractivity contribution in [3.63, 3.8) is 0 Å². The maximum Gasteiger partial charge on any atom is 0.243 e. The number of rotatable bonds is 3. The molecular formula is C11H15ClN2OS. The Hall–Kier alpha value is -0.610. The first-order chi connectivity index (χ1) is 7.77. The predicted molar refractivity (Wildman–Crippen MR) is 65.7 cm³/mol. The molecule has 1 aromatic heterocycles. The molecule has 1 atom stereocenters. The minimum Gasteiger partial charge on any atom is -0.352 e. The molecule has 16 heavy (non-hydrogen) atoms. The molecule has 0 aliphatic heterocycles. The Bertz CT molecular complexity index is 336. The fraction of sp³-hybridized carbons (Fsp3) is 0.636. The number of amides is 1. The molecule has 0 spiro atoms. The first kappa shape index (κ1) is 11.9. The van der Waals surface area contributed by atoms with Crippen molar-refractivity contribution >= 4 is 28.8 Å². The highest BCUT2D eigenvalue weighted by atomic mass is 35.5. The van der Waals surface area contributed by atoms with Gasteiger partial charge in [0, 0.05) is 12.2 Å². The van der Waals surface area contributed by atoms with E-state index in [0.29, 0.717) is 6.04 Å². The van der Waals surface area contributed by atoms with Gasteiger partial charge in [-0.25, -0.2) is 0 Å². The van der Waals surface area contributed by atoms with Crippen LogP contribution in [0.25, 0.3) is 0 Å². The van der Waals surface area contributed by atoms with Crippen LogP contribution in [0, 0.1) is 0 Å². The van der Waals surface area contributed by atoms with Gasteiger partial charge in [-0.2, -0.15) is 0 Å². The van der Waals surface area contributed by atoms with Gasteiger partial charge < -0.3 is 5.32 Å². The van der Waals surface area contributed by atoms with Crippen LogP contribution in [0.1, 0.15) is 42.4 Å². The van der Waals surface area contributed by atoms with Crippen LogP contribution in [0.3, 0.4) is 0 Å². The van der Waals surface area contributed by atoms with E-state index in [2.05, 4.69) is 10.3 Å². The van der Waals surface area contributed by atoms with Crippen LogP contribution in [0.5, 0.6) is 0 Å². The highest BCUT2D eigenvalue weighted by Crippen LogP contribution is 2.25. The van der Waals surface area contributed by atoms with Gasteiger partial charge in [0.25, 0.3) is 0 Å². The normalized spacial score (nSPS) is 19.3. The summed E-state index contributed by atoms with van der Waals surface area (Å²) >= 11 is 7.49. The monoisotopic (exact) mass is 258 g/mol. The zero-order chi connectivity index (χ0) is 11.4. The topological polar surface area (TPSA) is 42.0 Å². The molecule has 1 aliphatic rings. The van der Waals surface area contributed by atoms with Gasteiger partial charge >= 0.3 is 0 Å². The van der Waals surface area contributed by atoms with Crippen molar-refractivity contribution in [1.82, 2.24) is 10.3 Å². The molecule has 3 nitrogen and oxygen atoms in total. The molecular weight excluding hydrogens is 244 g/mol. The average molecular weight is 259 g/mol. The third-order valence-corrected chi connectivity index (χ3v) is 4.29. The summed E-state index contributed by atoms with van der Waals surface area (Å²) in [5.41, 5.74) is 1.69. The first-order valence-electron chi connectivity index (χ1n) is 5.60. The number of halogens is 1. The third-order valence-electron chi connectivity index (χ3n) is 2.88. The zero-order valence-corrected chi connectivity index (χ0v) is 10.6. The fourth-order valence-electron chi connectivity index (χ4n) is 2.00. The quantitative estimate of drug-likeness (QED) is 0.847. The Kier molecular flexibility index (Phi) is 4.18. The summed E-state index contributed by atoms with van der Waals surface area (Å²) in [4.78, 5) is 16.6. The van der Waals surface area contributed by atoms with E-state index in [1.54, 1.807) is 11.7 Å². The van der Waals surface area contributed by atoms with Gasteiger partial charge in [-0.15, -0.1) is 22.9 Å². The van der Waals surface area contributed by atoms with Crippen LogP contribution in [-0.2, 0) is 4.79 Å². The van der Waals surface area contributed by atoms with Crippen molar-refractivity contribution in [3.05, 3.63) is 16.6 Å². The van der Waals surface area contributed by atoms with Crippen molar-refractivity contribution in [2.75, 3.05) is 0 Å². The molecule has 1 saturated carbocycles. The Morgan fingerprint density at radius 3 is 2.88 bits per heavy atom. The second-order valence-electron chi connectivity index (χ2n) is 4.11. The van der Waals surface area contributed by atoms with Crippen LogP contribution in [0.15, 0.2) is 11.7 Å². The van der Waals surface area contributed by atoms with Crippen molar-refractivity contribution in [2.24, 2.45) is 0 Å². The van der Waals surface area contributed by atoms with E-state index in [9.17, 15) is 4.79 Å². The molecule has 1 unspecified atom stereocenters. The Balaban J connectivity index is 1.87. The van der Waals surface area contributed by atoms with Crippen molar-refractivity contribution in [3.8, 4) is 0 Å². The summed E-state index contributed by atoms with van der Waals surface area (Å²) in [7, 11) is 0. The lowest BCUT2D eigenvalue weighted by Crippen LogP contribution is -2.37. The van der Waals surface area contributed by atoms with Gasteiger partial charge in [0.15, 0.2) is 0 Å². The third kappa shape index (κ3) is 2.95. The molecule has 5 heteroatoms. The van der Waals surface area contributed by atoms with E-state index >= 15 is 0 Å². The van der Waals surface area contributed by atoms with E-state index in [1.807, 2.05) is 0 Å². The van der Waals surface area contributed by atoms with Gasteiger partial charge in [0.05, 0.1) is 10.4 Å². The van der Waals surface area contributed by atoms with Crippen molar-refractivity contribution in [2.45, 2.75) is 43.5 Å². The second kappa shape index (κ2) is 5.64. The van der Waals surface area contributed by atoms with E-state index < -0.39 is 5.38 Å². The molecule has 1 aliphatic carbocycles. The number of carbonyl (C=O) groups is 1. The molecule has 0 bridgehead atoms. The largest absolute Gasteiger partial charge is 0.352 e. The summed E-state index contributed by atoms with van der Waals surface area (Å²) in [5, 5.41) is 2.43. The Morgan fingerprint density at radius 2 is 2.25 bits per heavy atom. The number of nitrogens with one attached hydrogen (secondary N) is 1. The summed E-state index contributed by atoms with van der Waals surface area (Å²) in [5.74, 6) is -0.0854. The molecule has 88 valence electrons. The number of nitrogens with zero attached hydrogens (tertiary/aromatic N) is 1. The van der Waals surface area contributed by atoms with E-state index in [4.69, 9.17) is 11.6 Å². The maximum absolute atomic E-state index is 11.8. The average Bonchev–Trinajstić information content (AvgIpc) is 2.83. The summed E-state index contributed by atoms with van der Waals surface area (Å²) in [6, 6.07) is 0.315. The van der Waals surface area contributed by atoms with E-state index in [-0.39, 0.29) is 5.91 Å². The van der Waals surface area contributed by atoms with Gasteiger partial charge in [0.2, 0.25) is 5.91 Å². The lowest BCUT2D eigenvalue weighted by molar-refractivity contribution is -0.121. The van der Waals surface area contributed by atoms with E-state index in [0.717, 1.165) is 17.7 Å². The van der Waals surface area contributed by atoms with Gasteiger partial charge in [0.1, 0.15) is 5.38 Å². The Labute approximate surface area is 104 Å². The maximum atomic E-state index is 11.8. The number of carbonyl (C=O) groups excluding carboxylic acids is 1.